The molecule has 30 heavy (non-hydrogen) atoms. The average molecular weight is 406 g/mol. The van der Waals surface area contributed by atoms with E-state index >= 15 is 0 Å². The van der Waals surface area contributed by atoms with Gasteiger partial charge in [-0.1, -0.05) is 30.3 Å². The molecule has 0 saturated heterocycles. The minimum Gasteiger partial charge on any atom is -0.493 e. The van der Waals surface area contributed by atoms with Crippen molar-refractivity contribution in [1.82, 2.24) is 0 Å². The van der Waals surface area contributed by atoms with Crippen molar-refractivity contribution in [3.63, 3.8) is 0 Å². The molecule has 0 fully saturated rings. The van der Waals surface area contributed by atoms with Gasteiger partial charge in [0.2, 0.25) is 5.75 Å². The third kappa shape index (κ3) is 4.66. The summed E-state index contributed by atoms with van der Waals surface area (Å²) >= 11 is 0. The SMILES string of the molecule is COc1ccc(C(=O)Nc2ccc(NC(C)c3ccccc3)cc2)c(OC)c1OC. The van der Waals surface area contributed by atoms with Gasteiger partial charge in [0.25, 0.3) is 5.91 Å². The Balaban J connectivity index is 1.72. The summed E-state index contributed by atoms with van der Waals surface area (Å²) in [5.74, 6) is 0.895. The Morgan fingerprint density at radius 3 is 2.00 bits per heavy atom. The van der Waals surface area contributed by atoms with Crippen LogP contribution in [-0.2, 0) is 0 Å². The van der Waals surface area contributed by atoms with E-state index in [9.17, 15) is 4.79 Å². The summed E-state index contributed by atoms with van der Waals surface area (Å²) in [6.45, 7) is 2.11. The highest BCUT2D eigenvalue weighted by atomic mass is 16.5. The summed E-state index contributed by atoms with van der Waals surface area (Å²) < 4.78 is 16.0. The molecule has 156 valence electrons. The number of carbonyl (C=O) groups excluding carboxylic acids is 1. The van der Waals surface area contributed by atoms with E-state index in [1.807, 2.05) is 42.5 Å². The van der Waals surface area contributed by atoms with E-state index in [0.29, 0.717) is 28.5 Å². The molecule has 0 saturated carbocycles. The van der Waals surface area contributed by atoms with Gasteiger partial charge in [-0.05, 0) is 48.9 Å². The standard InChI is InChI=1S/C24H26N2O4/c1-16(17-8-6-5-7-9-17)25-18-10-12-19(13-11-18)26-24(27)20-14-15-21(28-2)23(30-4)22(20)29-3/h5-16,25H,1-4H3,(H,26,27). The molecule has 0 aliphatic rings. The fourth-order valence-corrected chi connectivity index (χ4v) is 3.20. The van der Waals surface area contributed by atoms with E-state index in [2.05, 4.69) is 29.7 Å². The molecule has 3 aromatic carbocycles. The van der Waals surface area contributed by atoms with Crippen molar-refractivity contribution in [3.05, 3.63) is 77.9 Å². The molecular formula is C24H26N2O4. The molecule has 0 aliphatic heterocycles. The van der Waals surface area contributed by atoms with Crippen molar-refractivity contribution < 1.29 is 19.0 Å². The molecule has 1 atom stereocenters. The van der Waals surface area contributed by atoms with Crippen LogP contribution in [0.5, 0.6) is 17.2 Å². The largest absolute Gasteiger partial charge is 0.493 e. The monoisotopic (exact) mass is 406 g/mol. The van der Waals surface area contributed by atoms with Gasteiger partial charge in [-0.15, -0.1) is 0 Å². The molecule has 0 radical (unpaired) electrons. The summed E-state index contributed by atoms with van der Waals surface area (Å²) in [5.41, 5.74) is 3.20. The number of hydrogen-bond acceptors (Lipinski definition) is 5. The van der Waals surface area contributed by atoms with E-state index in [4.69, 9.17) is 14.2 Å². The molecule has 0 aliphatic carbocycles. The van der Waals surface area contributed by atoms with Crippen LogP contribution in [0.2, 0.25) is 0 Å². The van der Waals surface area contributed by atoms with Crippen LogP contribution in [0, 0.1) is 0 Å². The highest BCUT2D eigenvalue weighted by molar-refractivity contribution is 6.07. The number of nitrogens with one attached hydrogen (secondary N) is 2. The summed E-state index contributed by atoms with van der Waals surface area (Å²) in [5, 5.41) is 6.34. The van der Waals surface area contributed by atoms with Crippen molar-refractivity contribution in [1.29, 1.82) is 0 Å². The zero-order chi connectivity index (χ0) is 21.5. The lowest BCUT2D eigenvalue weighted by Crippen LogP contribution is -2.14. The third-order valence-electron chi connectivity index (χ3n) is 4.77. The van der Waals surface area contributed by atoms with Gasteiger partial charge in [-0.25, -0.2) is 0 Å². The van der Waals surface area contributed by atoms with Crippen LogP contribution in [0.25, 0.3) is 0 Å². The van der Waals surface area contributed by atoms with Crippen LogP contribution in [0.15, 0.2) is 66.7 Å². The maximum atomic E-state index is 12.8. The zero-order valence-electron chi connectivity index (χ0n) is 17.6. The summed E-state index contributed by atoms with van der Waals surface area (Å²) in [4.78, 5) is 12.8. The first-order valence-electron chi connectivity index (χ1n) is 9.59. The predicted octanol–water partition coefficient (Wildman–Crippen LogP) is 5.14. The Hall–Kier alpha value is -3.67. The Kier molecular flexibility index (Phi) is 6.80. The third-order valence-corrected chi connectivity index (χ3v) is 4.77. The fraction of sp³-hybridized carbons (Fsp3) is 0.208. The molecule has 3 aromatic rings. The lowest BCUT2D eigenvalue weighted by molar-refractivity contribution is 0.102. The van der Waals surface area contributed by atoms with Gasteiger partial charge in [0.05, 0.1) is 26.9 Å². The van der Waals surface area contributed by atoms with Crippen LogP contribution in [0.1, 0.15) is 28.9 Å². The minimum atomic E-state index is -0.300. The van der Waals surface area contributed by atoms with Gasteiger partial charge in [0.1, 0.15) is 0 Å². The van der Waals surface area contributed by atoms with Gasteiger partial charge >= 0.3 is 0 Å². The first-order valence-corrected chi connectivity index (χ1v) is 9.59. The molecule has 0 bridgehead atoms. The molecule has 1 unspecified atom stereocenters. The number of methoxy groups -OCH3 is 3. The number of anilines is 2. The molecule has 2 N–H and O–H groups in total. The second-order valence-electron chi connectivity index (χ2n) is 6.69. The van der Waals surface area contributed by atoms with Crippen LogP contribution in [-0.4, -0.2) is 27.2 Å². The minimum absolute atomic E-state index is 0.169. The van der Waals surface area contributed by atoms with Crippen LogP contribution in [0.3, 0.4) is 0 Å². The molecule has 0 aromatic heterocycles. The van der Waals surface area contributed by atoms with Crippen molar-refractivity contribution >= 4 is 17.3 Å². The lowest BCUT2D eigenvalue weighted by atomic mass is 10.1. The molecule has 6 heteroatoms. The van der Waals surface area contributed by atoms with Crippen LogP contribution < -0.4 is 24.8 Å². The van der Waals surface area contributed by atoms with E-state index in [1.165, 1.54) is 26.9 Å². The number of carbonyl (C=O) groups is 1. The average Bonchev–Trinajstić information content (AvgIpc) is 2.79. The van der Waals surface area contributed by atoms with Crippen molar-refractivity contribution in [2.75, 3.05) is 32.0 Å². The van der Waals surface area contributed by atoms with E-state index in [0.717, 1.165) is 5.69 Å². The molecule has 0 heterocycles. The van der Waals surface area contributed by atoms with Gasteiger partial charge in [0, 0.05) is 17.4 Å². The van der Waals surface area contributed by atoms with Crippen molar-refractivity contribution in [3.8, 4) is 17.2 Å². The summed E-state index contributed by atoms with van der Waals surface area (Å²) in [6.07, 6.45) is 0. The number of hydrogen-bond donors (Lipinski definition) is 2. The topological polar surface area (TPSA) is 68.8 Å². The van der Waals surface area contributed by atoms with Crippen LogP contribution >= 0.6 is 0 Å². The van der Waals surface area contributed by atoms with Crippen LogP contribution in [0.4, 0.5) is 11.4 Å². The second kappa shape index (κ2) is 9.69. The zero-order valence-corrected chi connectivity index (χ0v) is 17.6. The maximum absolute atomic E-state index is 12.8. The molecule has 3 rings (SSSR count). The highest BCUT2D eigenvalue weighted by Gasteiger charge is 2.20. The van der Waals surface area contributed by atoms with E-state index in [-0.39, 0.29) is 11.9 Å². The van der Waals surface area contributed by atoms with Gasteiger partial charge in [-0.3, -0.25) is 4.79 Å². The van der Waals surface area contributed by atoms with Gasteiger partial charge in [0.15, 0.2) is 11.5 Å². The number of benzene rings is 3. The van der Waals surface area contributed by atoms with Gasteiger partial charge in [-0.2, -0.15) is 0 Å². The van der Waals surface area contributed by atoms with Crippen molar-refractivity contribution in [2.45, 2.75) is 13.0 Å². The van der Waals surface area contributed by atoms with Gasteiger partial charge < -0.3 is 24.8 Å². The Bertz CT molecular complexity index is 988. The van der Waals surface area contributed by atoms with E-state index in [1.54, 1.807) is 12.1 Å². The normalized spacial score (nSPS) is 11.3. The molecule has 0 spiro atoms. The second-order valence-corrected chi connectivity index (χ2v) is 6.69. The smallest absolute Gasteiger partial charge is 0.259 e. The number of ether oxygens (including phenoxy) is 3. The number of amides is 1. The summed E-state index contributed by atoms with van der Waals surface area (Å²) in [7, 11) is 4.53. The molecule has 1 amide bonds. The Labute approximate surface area is 176 Å². The number of rotatable bonds is 8. The summed E-state index contributed by atoms with van der Waals surface area (Å²) in [6, 6.07) is 21.3. The lowest BCUT2D eigenvalue weighted by Gasteiger charge is -2.17. The van der Waals surface area contributed by atoms with Crippen molar-refractivity contribution in [2.24, 2.45) is 0 Å². The maximum Gasteiger partial charge on any atom is 0.259 e. The Morgan fingerprint density at radius 1 is 0.767 bits per heavy atom. The van der Waals surface area contributed by atoms with E-state index < -0.39 is 0 Å². The molecular weight excluding hydrogens is 380 g/mol. The predicted molar refractivity (Wildman–Crippen MR) is 119 cm³/mol. The highest BCUT2D eigenvalue weighted by Crippen LogP contribution is 2.40. The molecule has 6 nitrogen and oxygen atoms in total. The quantitative estimate of drug-likeness (QED) is 0.542. The first-order chi connectivity index (χ1) is 14.6. The first kappa shape index (κ1) is 21.0. The Morgan fingerprint density at radius 2 is 1.40 bits per heavy atom. The fourth-order valence-electron chi connectivity index (χ4n) is 3.20.